The normalized spacial score (nSPS) is 12.2. The SMILES string of the molecule is Cc1c(CSCc2ccc(Cl)cc2)oc2cccc(OCCCC(N)c3cccnc3)c12. The van der Waals surface area contributed by atoms with Crippen molar-refractivity contribution in [2.75, 3.05) is 6.61 Å². The maximum Gasteiger partial charge on any atom is 0.138 e. The van der Waals surface area contributed by atoms with Crippen molar-refractivity contribution >= 4 is 34.3 Å². The van der Waals surface area contributed by atoms with Crippen molar-refractivity contribution < 1.29 is 9.15 Å². The largest absolute Gasteiger partial charge is 0.493 e. The minimum absolute atomic E-state index is 0.0250. The summed E-state index contributed by atoms with van der Waals surface area (Å²) < 4.78 is 12.3. The van der Waals surface area contributed by atoms with Crippen molar-refractivity contribution in [2.45, 2.75) is 37.3 Å². The lowest BCUT2D eigenvalue weighted by molar-refractivity contribution is 0.305. The van der Waals surface area contributed by atoms with E-state index in [9.17, 15) is 0 Å². The predicted octanol–water partition coefficient (Wildman–Crippen LogP) is 7.08. The van der Waals surface area contributed by atoms with Gasteiger partial charge in [0.05, 0.1) is 17.7 Å². The topological polar surface area (TPSA) is 61.3 Å². The summed E-state index contributed by atoms with van der Waals surface area (Å²) in [7, 11) is 0. The molecule has 0 saturated carbocycles. The molecule has 2 N–H and O–H groups in total. The molecular weight excluding hydrogens is 440 g/mol. The number of pyridine rings is 1. The summed E-state index contributed by atoms with van der Waals surface area (Å²) in [4.78, 5) is 4.14. The molecule has 0 radical (unpaired) electrons. The first-order chi connectivity index (χ1) is 15.6. The number of aryl methyl sites for hydroxylation is 1. The highest BCUT2D eigenvalue weighted by Crippen LogP contribution is 2.35. The first-order valence-corrected chi connectivity index (χ1v) is 12.3. The second kappa shape index (κ2) is 10.9. The molecule has 0 aliphatic carbocycles. The van der Waals surface area contributed by atoms with E-state index in [1.54, 1.807) is 6.20 Å². The first kappa shape index (κ1) is 22.7. The molecule has 6 heteroatoms. The Morgan fingerprint density at radius 1 is 1.09 bits per heavy atom. The van der Waals surface area contributed by atoms with Gasteiger partial charge in [-0.05, 0) is 61.2 Å². The molecule has 4 aromatic rings. The van der Waals surface area contributed by atoms with E-state index in [1.807, 2.05) is 60.4 Å². The van der Waals surface area contributed by atoms with Crippen molar-refractivity contribution in [3.8, 4) is 5.75 Å². The Balaban J connectivity index is 1.34. The summed E-state index contributed by atoms with van der Waals surface area (Å²) in [5.74, 6) is 3.58. The van der Waals surface area contributed by atoms with Gasteiger partial charge >= 0.3 is 0 Å². The fourth-order valence-corrected chi connectivity index (χ4v) is 4.78. The summed E-state index contributed by atoms with van der Waals surface area (Å²) in [5.41, 5.74) is 10.6. The monoisotopic (exact) mass is 466 g/mol. The fourth-order valence-electron chi connectivity index (χ4n) is 3.66. The summed E-state index contributed by atoms with van der Waals surface area (Å²) in [6.07, 6.45) is 5.30. The number of hydrogen-bond acceptors (Lipinski definition) is 5. The number of nitrogens with zero attached hydrogens (tertiary/aromatic N) is 1. The second-order valence-electron chi connectivity index (χ2n) is 7.78. The molecule has 2 heterocycles. The Morgan fingerprint density at radius 2 is 1.94 bits per heavy atom. The van der Waals surface area contributed by atoms with Crippen molar-refractivity contribution in [2.24, 2.45) is 5.73 Å². The van der Waals surface area contributed by atoms with Gasteiger partial charge < -0.3 is 14.9 Å². The zero-order chi connectivity index (χ0) is 22.3. The molecule has 32 heavy (non-hydrogen) atoms. The maximum atomic E-state index is 6.27. The number of rotatable bonds is 10. The van der Waals surface area contributed by atoms with E-state index in [4.69, 9.17) is 26.5 Å². The number of hydrogen-bond donors (Lipinski definition) is 1. The molecule has 0 aliphatic heterocycles. The van der Waals surface area contributed by atoms with Crippen LogP contribution in [-0.4, -0.2) is 11.6 Å². The van der Waals surface area contributed by atoms with Crippen LogP contribution in [0.5, 0.6) is 5.75 Å². The number of fused-ring (bicyclic) bond motifs is 1. The van der Waals surface area contributed by atoms with E-state index in [1.165, 1.54) is 5.56 Å². The predicted molar refractivity (Wildman–Crippen MR) is 133 cm³/mol. The zero-order valence-electron chi connectivity index (χ0n) is 18.1. The van der Waals surface area contributed by atoms with Gasteiger partial charge in [0.2, 0.25) is 0 Å². The average molecular weight is 467 g/mol. The molecule has 0 amide bonds. The van der Waals surface area contributed by atoms with Gasteiger partial charge in [0.25, 0.3) is 0 Å². The Morgan fingerprint density at radius 3 is 2.72 bits per heavy atom. The van der Waals surface area contributed by atoms with Gasteiger partial charge in [-0.2, -0.15) is 0 Å². The highest BCUT2D eigenvalue weighted by atomic mass is 35.5. The van der Waals surface area contributed by atoms with Gasteiger partial charge in [-0.3, -0.25) is 4.98 Å². The van der Waals surface area contributed by atoms with Crippen molar-refractivity contribution in [3.05, 3.63) is 94.5 Å². The van der Waals surface area contributed by atoms with E-state index >= 15 is 0 Å². The highest BCUT2D eigenvalue weighted by Gasteiger charge is 2.15. The number of ether oxygens (including phenoxy) is 1. The Hall–Kier alpha value is -2.47. The summed E-state index contributed by atoms with van der Waals surface area (Å²) >= 11 is 7.80. The standard InChI is InChI=1S/C26H27ClN2O2S/c1-18-25(17-32-16-19-9-11-21(27)12-10-19)31-24-8-2-7-23(26(18)24)30-14-4-6-22(28)20-5-3-13-29-15-20/h2-3,5,7-13,15,22H,4,6,14,16-17,28H2,1H3. The van der Waals surface area contributed by atoms with Crippen LogP contribution < -0.4 is 10.5 Å². The van der Waals surface area contributed by atoms with Gasteiger partial charge in [0.1, 0.15) is 17.1 Å². The van der Waals surface area contributed by atoms with Crippen LogP contribution in [-0.2, 0) is 11.5 Å². The molecule has 1 unspecified atom stereocenters. The van der Waals surface area contributed by atoms with E-state index < -0.39 is 0 Å². The molecule has 166 valence electrons. The van der Waals surface area contributed by atoms with E-state index in [0.29, 0.717) is 6.61 Å². The second-order valence-corrected chi connectivity index (χ2v) is 9.20. The van der Waals surface area contributed by atoms with Crippen LogP contribution in [0.15, 0.2) is 71.4 Å². The molecule has 2 aromatic carbocycles. The van der Waals surface area contributed by atoms with Crippen LogP contribution in [0.3, 0.4) is 0 Å². The Bertz CT molecular complexity index is 1150. The molecule has 0 aliphatic rings. The maximum absolute atomic E-state index is 6.27. The number of halogens is 1. The lowest BCUT2D eigenvalue weighted by Gasteiger charge is -2.12. The minimum atomic E-state index is -0.0250. The third kappa shape index (κ3) is 5.66. The van der Waals surface area contributed by atoms with Crippen LogP contribution in [0.4, 0.5) is 0 Å². The number of aromatic nitrogens is 1. The van der Waals surface area contributed by atoms with Gasteiger partial charge in [-0.25, -0.2) is 0 Å². The van der Waals surface area contributed by atoms with Gasteiger partial charge in [-0.1, -0.05) is 35.9 Å². The van der Waals surface area contributed by atoms with Crippen LogP contribution in [0.1, 0.15) is 41.3 Å². The zero-order valence-corrected chi connectivity index (χ0v) is 19.7. The molecule has 0 fully saturated rings. The van der Waals surface area contributed by atoms with E-state index in [0.717, 1.165) is 63.0 Å². The number of nitrogens with two attached hydrogens (primary N) is 1. The molecule has 4 nitrogen and oxygen atoms in total. The molecule has 0 bridgehead atoms. The van der Waals surface area contributed by atoms with Crippen LogP contribution >= 0.6 is 23.4 Å². The molecule has 0 saturated heterocycles. The van der Waals surface area contributed by atoms with Gasteiger partial charge in [-0.15, -0.1) is 11.8 Å². The molecule has 1 atom stereocenters. The number of thioether (sulfide) groups is 1. The van der Waals surface area contributed by atoms with Gasteiger partial charge in [0, 0.05) is 34.8 Å². The van der Waals surface area contributed by atoms with Crippen molar-refractivity contribution in [1.82, 2.24) is 4.98 Å². The molecule has 0 spiro atoms. The molecule has 2 aromatic heterocycles. The summed E-state index contributed by atoms with van der Waals surface area (Å²) in [6.45, 7) is 2.72. The Kier molecular flexibility index (Phi) is 7.74. The van der Waals surface area contributed by atoms with Gasteiger partial charge in [0.15, 0.2) is 0 Å². The highest BCUT2D eigenvalue weighted by molar-refractivity contribution is 7.97. The van der Waals surface area contributed by atoms with Crippen molar-refractivity contribution in [3.63, 3.8) is 0 Å². The third-order valence-corrected chi connectivity index (χ3v) is 6.71. The first-order valence-electron chi connectivity index (χ1n) is 10.7. The summed E-state index contributed by atoms with van der Waals surface area (Å²) in [5, 5.41) is 1.82. The fraction of sp³-hybridized carbons (Fsp3) is 0.269. The van der Waals surface area contributed by atoms with Crippen LogP contribution in [0.25, 0.3) is 11.0 Å². The number of benzene rings is 2. The average Bonchev–Trinajstić information content (AvgIpc) is 3.14. The molecule has 4 rings (SSSR count). The third-order valence-electron chi connectivity index (χ3n) is 5.46. The summed E-state index contributed by atoms with van der Waals surface area (Å²) in [6, 6.07) is 17.9. The smallest absolute Gasteiger partial charge is 0.138 e. The van der Waals surface area contributed by atoms with Crippen LogP contribution in [0, 0.1) is 6.92 Å². The Labute approximate surface area is 198 Å². The van der Waals surface area contributed by atoms with E-state index in [-0.39, 0.29) is 6.04 Å². The quantitative estimate of drug-likeness (QED) is 0.253. The van der Waals surface area contributed by atoms with Crippen molar-refractivity contribution in [1.29, 1.82) is 0 Å². The minimum Gasteiger partial charge on any atom is -0.493 e. The number of furan rings is 1. The lowest BCUT2D eigenvalue weighted by atomic mass is 10.1. The van der Waals surface area contributed by atoms with E-state index in [2.05, 4.69) is 24.0 Å². The lowest BCUT2D eigenvalue weighted by Crippen LogP contribution is -2.12. The van der Waals surface area contributed by atoms with Crippen LogP contribution in [0.2, 0.25) is 5.02 Å². The molecular formula is C26H27ClN2O2S.